The van der Waals surface area contributed by atoms with Gasteiger partial charge in [0.25, 0.3) is 0 Å². The van der Waals surface area contributed by atoms with Crippen LogP contribution in [0.5, 0.6) is 5.75 Å². The highest BCUT2D eigenvalue weighted by molar-refractivity contribution is 7.91. The average Bonchev–Trinajstić information content (AvgIpc) is 2.78. The van der Waals surface area contributed by atoms with Crippen molar-refractivity contribution in [2.75, 3.05) is 4.31 Å². The number of amides is 1. The van der Waals surface area contributed by atoms with E-state index in [1.165, 1.54) is 12.1 Å². The molecule has 9 heteroatoms. The maximum absolute atomic E-state index is 11.9. The van der Waals surface area contributed by atoms with Crippen LogP contribution in [0.2, 0.25) is 0 Å². The number of anilines is 1. The SMILES string of the molecule is CCCCCC(CC(N)=O)c1ccc(N2C=C(O)NS2(=O)=O)c(O)c1. The van der Waals surface area contributed by atoms with E-state index < -0.39 is 22.0 Å². The molecule has 1 atom stereocenters. The van der Waals surface area contributed by atoms with E-state index in [-0.39, 0.29) is 23.8 Å². The second-order valence-electron chi connectivity index (χ2n) is 6.03. The minimum absolute atomic E-state index is 0.00619. The zero-order valence-corrected chi connectivity index (χ0v) is 14.8. The fourth-order valence-corrected chi connectivity index (χ4v) is 3.91. The number of aromatic hydroxyl groups is 1. The van der Waals surface area contributed by atoms with Crippen molar-refractivity contribution in [1.82, 2.24) is 4.72 Å². The van der Waals surface area contributed by atoms with Gasteiger partial charge in [-0.2, -0.15) is 8.42 Å². The van der Waals surface area contributed by atoms with Gasteiger partial charge >= 0.3 is 10.2 Å². The van der Waals surface area contributed by atoms with Gasteiger partial charge in [0.05, 0.1) is 6.20 Å². The minimum atomic E-state index is -3.97. The van der Waals surface area contributed by atoms with E-state index in [0.29, 0.717) is 5.56 Å². The van der Waals surface area contributed by atoms with Crippen LogP contribution < -0.4 is 14.8 Å². The van der Waals surface area contributed by atoms with Gasteiger partial charge in [-0.15, -0.1) is 0 Å². The first-order chi connectivity index (χ1) is 11.7. The number of carbonyl (C=O) groups is 1. The Morgan fingerprint density at radius 1 is 1.32 bits per heavy atom. The lowest BCUT2D eigenvalue weighted by Crippen LogP contribution is -2.29. The fraction of sp³-hybridized carbons (Fsp3) is 0.438. The molecule has 2 rings (SSSR count). The molecule has 1 aliphatic heterocycles. The summed E-state index contributed by atoms with van der Waals surface area (Å²) in [4.78, 5) is 11.3. The van der Waals surface area contributed by atoms with Gasteiger partial charge in [0.2, 0.25) is 11.8 Å². The Morgan fingerprint density at radius 3 is 2.56 bits per heavy atom. The number of rotatable bonds is 8. The second kappa shape index (κ2) is 7.64. The molecule has 0 radical (unpaired) electrons. The summed E-state index contributed by atoms with van der Waals surface area (Å²) in [6.45, 7) is 2.08. The molecule has 1 aliphatic rings. The highest BCUT2D eigenvalue weighted by atomic mass is 32.2. The third kappa shape index (κ3) is 4.56. The van der Waals surface area contributed by atoms with Crippen LogP contribution in [0.25, 0.3) is 0 Å². The van der Waals surface area contributed by atoms with Gasteiger partial charge in [0, 0.05) is 6.42 Å². The number of carbonyl (C=O) groups excluding carboxylic acids is 1. The normalized spacial score (nSPS) is 17.0. The molecule has 1 aromatic rings. The molecular weight excluding hydrogens is 346 g/mol. The molecule has 0 spiro atoms. The number of phenolic OH excluding ortho intramolecular Hbond substituents is 1. The highest BCUT2D eigenvalue weighted by Gasteiger charge is 2.30. The zero-order valence-electron chi connectivity index (χ0n) is 14.0. The van der Waals surface area contributed by atoms with Crippen molar-refractivity contribution in [2.45, 2.75) is 44.9 Å². The first kappa shape index (κ1) is 18.9. The molecule has 0 fully saturated rings. The average molecular weight is 369 g/mol. The third-order valence-corrected chi connectivity index (χ3v) is 5.33. The number of unbranched alkanes of at least 4 members (excludes halogenated alkanes) is 2. The summed E-state index contributed by atoms with van der Waals surface area (Å²) in [7, 11) is -3.97. The number of aliphatic hydroxyl groups is 1. The van der Waals surface area contributed by atoms with Crippen LogP contribution in [0, 0.1) is 0 Å². The van der Waals surface area contributed by atoms with Crippen molar-refractivity contribution < 1.29 is 23.4 Å². The van der Waals surface area contributed by atoms with Crippen molar-refractivity contribution >= 4 is 21.8 Å². The fourth-order valence-electron chi connectivity index (χ4n) is 2.84. The lowest BCUT2D eigenvalue weighted by atomic mass is 9.89. The van der Waals surface area contributed by atoms with E-state index in [2.05, 4.69) is 6.92 Å². The molecule has 8 nitrogen and oxygen atoms in total. The predicted molar refractivity (Wildman–Crippen MR) is 94.0 cm³/mol. The molecular formula is C16H23N3O5S. The van der Waals surface area contributed by atoms with Crippen LogP contribution in [0.15, 0.2) is 30.3 Å². The van der Waals surface area contributed by atoms with E-state index in [0.717, 1.165) is 36.2 Å². The van der Waals surface area contributed by atoms with Gasteiger partial charge in [-0.25, -0.2) is 9.03 Å². The smallest absolute Gasteiger partial charge is 0.330 e. The Labute approximate surface area is 147 Å². The Kier molecular flexibility index (Phi) is 5.78. The van der Waals surface area contributed by atoms with Crippen molar-refractivity contribution in [2.24, 2.45) is 5.73 Å². The van der Waals surface area contributed by atoms with E-state index in [4.69, 9.17) is 5.73 Å². The van der Waals surface area contributed by atoms with Gasteiger partial charge in [-0.3, -0.25) is 4.79 Å². The number of nitrogens with two attached hydrogens (primary N) is 1. The maximum atomic E-state index is 11.9. The summed E-state index contributed by atoms with van der Waals surface area (Å²) in [5.74, 6) is -1.36. The molecule has 1 amide bonds. The van der Waals surface area contributed by atoms with Crippen molar-refractivity contribution in [3.63, 3.8) is 0 Å². The zero-order chi connectivity index (χ0) is 18.6. The molecule has 0 aromatic heterocycles. The molecule has 0 saturated heterocycles. The summed E-state index contributed by atoms with van der Waals surface area (Å²) >= 11 is 0. The van der Waals surface area contributed by atoms with Crippen LogP contribution in [0.1, 0.15) is 50.5 Å². The van der Waals surface area contributed by atoms with Gasteiger partial charge in [-0.05, 0) is 30.0 Å². The van der Waals surface area contributed by atoms with Crippen LogP contribution in [0.4, 0.5) is 5.69 Å². The summed E-state index contributed by atoms with van der Waals surface area (Å²) in [6.07, 6.45) is 4.88. The van der Waals surface area contributed by atoms with Crippen LogP contribution in [0.3, 0.4) is 0 Å². The molecule has 1 aromatic carbocycles. The van der Waals surface area contributed by atoms with E-state index in [1.54, 1.807) is 6.07 Å². The number of aliphatic hydroxyl groups excluding tert-OH is 1. The molecule has 1 heterocycles. The number of phenols is 1. The van der Waals surface area contributed by atoms with Gasteiger partial charge in [0.1, 0.15) is 11.4 Å². The standard InChI is InChI=1S/C16H23N3O5S/c1-2-3-4-5-11(9-15(17)21)12-6-7-13(14(20)8-12)19-10-16(22)18-25(19,23)24/h6-8,10-11,18,20,22H,2-5,9H2,1H3,(H2,17,21). The number of primary amides is 1. The molecule has 25 heavy (non-hydrogen) atoms. The molecule has 5 N–H and O–H groups in total. The summed E-state index contributed by atoms with van der Waals surface area (Å²) in [5.41, 5.74) is 6.04. The van der Waals surface area contributed by atoms with Crippen molar-refractivity contribution in [3.8, 4) is 5.75 Å². The van der Waals surface area contributed by atoms with Gasteiger partial charge in [0.15, 0.2) is 0 Å². The number of hydrogen-bond donors (Lipinski definition) is 4. The monoisotopic (exact) mass is 369 g/mol. The third-order valence-electron chi connectivity index (χ3n) is 4.04. The predicted octanol–water partition coefficient (Wildman–Crippen LogP) is 1.94. The highest BCUT2D eigenvalue weighted by Crippen LogP contribution is 2.36. The quantitative estimate of drug-likeness (QED) is 0.520. The molecule has 0 aliphatic carbocycles. The first-order valence-corrected chi connectivity index (χ1v) is 9.52. The minimum Gasteiger partial charge on any atom is -0.506 e. The maximum Gasteiger partial charge on any atom is 0.330 e. The second-order valence-corrected chi connectivity index (χ2v) is 7.58. The first-order valence-electron chi connectivity index (χ1n) is 8.08. The number of nitrogens with one attached hydrogen (secondary N) is 1. The summed E-state index contributed by atoms with van der Waals surface area (Å²) < 4.78 is 26.4. The largest absolute Gasteiger partial charge is 0.506 e. The molecule has 138 valence electrons. The topological polar surface area (TPSA) is 133 Å². The molecule has 0 saturated carbocycles. The Morgan fingerprint density at radius 2 is 2.04 bits per heavy atom. The van der Waals surface area contributed by atoms with Crippen LogP contribution in [-0.4, -0.2) is 24.5 Å². The van der Waals surface area contributed by atoms with Crippen molar-refractivity contribution in [3.05, 3.63) is 35.8 Å². The Bertz CT molecular complexity index is 776. The van der Waals surface area contributed by atoms with Gasteiger partial charge in [-0.1, -0.05) is 32.3 Å². The van der Waals surface area contributed by atoms with Crippen LogP contribution >= 0.6 is 0 Å². The summed E-state index contributed by atoms with van der Waals surface area (Å²) in [6, 6.07) is 4.54. The van der Waals surface area contributed by atoms with Crippen LogP contribution in [-0.2, 0) is 15.0 Å². The van der Waals surface area contributed by atoms with E-state index in [1.807, 2.05) is 4.72 Å². The number of hydrogen-bond acceptors (Lipinski definition) is 5. The Hall–Kier alpha value is -2.42. The van der Waals surface area contributed by atoms with Gasteiger partial charge < -0.3 is 15.9 Å². The molecule has 0 bridgehead atoms. The lowest BCUT2D eigenvalue weighted by molar-refractivity contribution is -0.118. The number of nitrogens with zero attached hydrogens (tertiary/aromatic N) is 1. The van der Waals surface area contributed by atoms with E-state index >= 15 is 0 Å². The van der Waals surface area contributed by atoms with Crippen molar-refractivity contribution in [1.29, 1.82) is 0 Å². The van der Waals surface area contributed by atoms with E-state index in [9.17, 15) is 23.4 Å². The molecule has 1 unspecified atom stereocenters. The number of benzene rings is 1. The summed E-state index contributed by atoms with van der Waals surface area (Å²) in [5, 5.41) is 19.6. The lowest BCUT2D eigenvalue weighted by Gasteiger charge is -2.19. The Balaban J connectivity index is 2.28.